The first-order valence-corrected chi connectivity index (χ1v) is 12.3. The van der Waals surface area contributed by atoms with Crippen LogP contribution in [0.4, 0.5) is 0 Å². The van der Waals surface area contributed by atoms with E-state index in [-0.39, 0.29) is 11.3 Å². The van der Waals surface area contributed by atoms with E-state index < -0.39 is 46.2 Å². The third-order valence-corrected chi connectivity index (χ3v) is 7.52. The van der Waals surface area contributed by atoms with Crippen molar-refractivity contribution in [2.24, 2.45) is 0 Å². The molecule has 1 unspecified atom stereocenters. The molecular weight excluding hydrogens is 468 g/mol. The van der Waals surface area contributed by atoms with E-state index in [1.807, 2.05) is 7.05 Å². The van der Waals surface area contributed by atoms with Crippen LogP contribution in [0.5, 0.6) is 0 Å². The summed E-state index contributed by atoms with van der Waals surface area (Å²) in [7, 11) is 3.28. The minimum atomic E-state index is -2.86. The van der Waals surface area contributed by atoms with Crippen molar-refractivity contribution in [3.8, 4) is 0 Å². The van der Waals surface area contributed by atoms with Gasteiger partial charge in [0, 0.05) is 18.6 Å². The van der Waals surface area contributed by atoms with Crippen molar-refractivity contribution in [1.82, 2.24) is 9.80 Å². The van der Waals surface area contributed by atoms with Gasteiger partial charge in [-0.25, -0.2) is 13.2 Å². The molecule has 34 heavy (non-hydrogen) atoms. The Labute approximate surface area is 199 Å². The Bertz CT molecular complexity index is 961. The Morgan fingerprint density at radius 3 is 1.71 bits per heavy atom. The van der Waals surface area contributed by atoms with E-state index in [1.165, 1.54) is 11.1 Å². The number of nitrogens with zero attached hydrogens (tertiary/aromatic N) is 2. The fourth-order valence-electron chi connectivity index (χ4n) is 3.59. The number of hydrogen-bond acceptors (Lipinski definition) is 8. The number of hydrogen-bond donors (Lipinski definition) is 4. The van der Waals surface area contributed by atoms with Crippen LogP contribution in [0.2, 0.25) is 0 Å². The first-order valence-electron chi connectivity index (χ1n) is 10.5. The first kappa shape index (κ1) is 29.5. The highest BCUT2D eigenvalue weighted by molar-refractivity contribution is 7.91. The van der Waals surface area contributed by atoms with Crippen LogP contribution in [-0.2, 0) is 37.3 Å². The van der Waals surface area contributed by atoms with Gasteiger partial charge in [-0.15, -0.1) is 0 Å². The zero-order valence-corrected chi connectivity index (χ0v) is 20.7. The molecule has 1 saturated heterocycles. The quantitative estimate of drug-likeness (QED) is 0.351. The molecule has 0 saturated carbocycles. The summed E-state index contributed by atoms with van der Waals surface area (Å²) < 4.78 is 23.4. The number of carboxylic acid groups (broad SMARTS) is 3. The highest BCUT2D eigenvalue weighted by atomic mass is 32.2. The van der Waals surface area contributed by atoms with Crippen LogP contribution in [-0.4, -0.2) is 100 Å². The molecule has 0 aliphatic carbocycles. The second-order valence-corrected chi connectivity index (χ2v) is 11.4. The van der Waals surface area contributed by atoms with Crippen molar-refractivity contribution >= 4 is 27.7 Å². The number of aliphatic carboxylic acids is 3. The van der Waals surface area contributed by atoms with E-state index in [1.54, 1.807) is 0 Å². The van der Waals surface area contributed by atoms with Crippen molar-refractivity contribution in [3.63, 3.8) is 0 Å². The molecule has 12 heteroatoms. The Morgan fingerprint density at radius 2 is 1.38 bits per heavy atom. The fourth-order valence-corrected chi connectivity index (χ4v) is 5.80. The topological polar surface area (TPSA) is 173 Å². The molecule has 1 aliphatic rings. The van der Waals surface area contributed by atoms with Gasteiger partial charge in [0.25, 0.3) is 0 Å². The average molecular weight is 503 g/mol. The normalized spacial score (nSPS) is 19.5. The molecule has 1 heterocycles. The van der Waals surface area contributed by atoms with Crippen LogP contribution < -0.4 is 0 Å². The molecule has 1 fully saturated rings. The molecule has 192 valence electrons. The van der Waals surface area contributed by atoms with E-state index in [0.29, 0.717) is 5.75 Å². The lowest BCUT2D eigenvalue weighted by Gasteiger charge is -2.34. The SMILES string of the molecule is CN(C)Cc1ccc(CN(C)C2(C)CCS(=O)(=O)C2)cc1.O=C(O)CC(O)(CC(=O)O)C(=O)O. The maximum Gasteiger partial charge on any atom is 0.336 e. The van der Waals surface area contributed by atoms with Crippen molar-refractivity contribution in [2.75, 3.05) is 32.6 Å². The third-order valence-electron chi connectivity index (χ3n) is 5.63. The lowest BCUT2D eigenvalue weighted by atomic mass is 9.96. The summed E-state index contributed by atoms with van der Waals surface area (Å²) in [6.45, 7) is 3.78. The third kappa shape index (κ3) is 9.37. The molecule has 2 rings (SSSR count). The van der Waals surface area contributed by atoms with E-state index in [4.69, 9.17) is 20.4 Å². The summed E-state index contributed by atoms with van der Waals surface area (Å²) in [4.78, 5) is 34.8. The van der Waals surface area contributed by atoms with Gasteiger partial charge in [-0.1, -0.05) is 24.3 Å². The average Bonchev–Trinajstić information content (AvgIpc) is 2.96. The van der Waals surface area contributed by atoms with Crippen LogP contribution in [0.1, 0.15) is 37.3 Å². The smallest absolute Gasteiger partial charge is 0.336 e. The van der Waals surface area contributed by atoms with Crippen molar-refractivity contribution in [3.05, 3.63) is 35.4 Å². The lowest BCUT2D eigenvalue weighted by Crippen LogP contribution is -2.44. The highest BCUT2D eigenvalue weighted by Gasteiger charge is 2.41. The summed E-state index contributed by atoms with van der Waals surface area (Å²) in [5, 5.41) is 33.8. The number of aliphatic hydroxyl groups is 1. The van der Waals surface area contributed by atoms with Gasteiger partial charge in [-0.3, -0.25) is 14.5 Å². The Kier molecular flexibility index (Phi) is 10.2. The number of benzene rings is 1. The van der Waals surface area contributed by atoms with Gasteiger partial charge in [-0.2, -0.15) is 0 Å². The summed E-state index contributed by atoms with van der Waals surface area (Å²) in [5.41, 5.74) is -0.453. The second-order valence-electron chi connectivity index (χ2n) is 9.23. The summed E-state index contributed by atoms with van der Waals surface area (Å²) >= 11 is 0. The first-order chi connectivity index (χ1) is 15.5. The van der Waals surface area contributed by atoms with E-state index >= 15 is 0 Å². The van der Waals surface area contributed by atoms with Gasteiger partial charge >= 0.3 is 17.9 Å². The number of carboxylic acids is 3. The van der Waals surface area contributed by atoms with Gasteiger partial charge in [-0.05, 0) is 45.6 Å². The van der Waals surface area contributed by atoms with Crippen LogP contribution in [0.25, 0.3) is 0 Å². The molecule has 4 N–H and O–H groups in total. The summed E-state index contributed by atoms with van der Waals surface area (Å²) in [5.74, 6) is -4.43. The molecule has 0 bridgehead atoms. The van der Waals surface area contributed by atoms with Crippen LogP contribution >= 0.6 is 0 Å². The number of carbonyl (C=O) groups is 3. The summed E-state index contributed by atoms with van der Waals surface area (Å²) in [6.07, 6.45) is -1.56. The molecule has 1 aromatic rings. The maximum absolute atomic E-state index is 11.7. The molecule has 1 aromatic carbocycles. The molecule has 1 atom stereocenters. The van der Waals surface area contributed by atoms with E-state index in [2.05, 4.69) is 55.1 Å². The lowest BCUT2D eigenvalue weighted by molar-refractivity contribution is -0.170. The number of sulfone groups is 1. The van der Waals surface area contributed by atoms with E-state index in [0.717, 1.165) is 19.5 Å². The molecule has 11 nitrogen and oxygen atoms in total. The van der Waals surface area contributed by atoms with Crippen LogP contribution in [0.3, 0.4) is 0 Å². The summed E-state index contributed by atoms with van der Waals surface area (Å²) in [6, 6.07) is 8.58. The molecule has 0 amide bonds. The fraction of sp³-hybridized carbons (Fsp3) is 0.591. The maximum atomic E-state index is 11.7. The predicted octanol–water partition coefficient (Wildman–Crippen LogP) is 0.509. The van der Waals surface area contributed by atoms with Crippen molar-refractivity contribution in [2.45, 2.75) is 50.4 Å². The van der Waals surface area contributed by atoms with Gasteiger partial charge < -0.3 is 25.3 Å². The minimum Gasteiger partial charge on any atom is -0.481 e. The van der Waals surface area contributed by atoms with Gasteiger partial charge in [0.1, 0.15) is 0 Å². The monoisotopic (exact) mass is 502 g/mol. The van der Waals surface area contributed by atoms with Gasteiger partial charge in [0.15, 0.2) is 15.4 Å². The second kappa shape index (κ2) is 11.7. The largest absolute Gasteiger partial charge is 0.481 e. The van der Waals surface area contributed by atoms with Crippen LogP contribution in [0.15, 0.2) is 24.3 Å². The van der Waals surface area contributed by atoms with E-state index in [9.17, 15) is 22.8 Å². The Morgan fingerprint density at radius 1 is 0.941 bits per heavy atom. The Hall–Kier alpha value is -2.54. The number of rotatable bonds is 10. The van der Waals surface area contributed by atoms with Gasteiger partial charge in [0.2, 0.25) is 0 Å². The van der Waals surface area contributed by atoms with Crippen LogP contribution in [0, 0.1) is 0 Å². The molecule has 1 aliphatic heterocycles. The molecule has 0 spiro atoms. The predicted molar refractivity (Wildman–Crippen MR) is 124 cm³/mol. The van der Waals surface area contributed by atoms with Crippen molar-refractivity contribution < 1.29 is 43.2 Å². The van der Waals surface area contributed by atoms with Gasteiger partial charge in [0.05, 0.1) is 24.3 Å². The molecular formula is C22H34N2O9S. The minimum absolute atomic E-state index is 0.235. The highest BCUT2D eigenvalue weighted by Crippen LogP contribution is 2.29. The Balaban J connectivity index is 0.000000385. The standard InChI is InChI=1S/C16H26N2O2S.C6H8O7/c1-16(9-10-21(19,20)13-16)18(4)12-15-7-5-14(6-8-15)11-17(2)3;7-3(8)1-6(13,5(11)12)2-4(9)10/h5-8H,9-13H2,1-4H3;13H,1-2H2,(H,7,8)(H,9,10)(H,11,12). The van der Waals surface area contributed by atoms with Crippen molar-refractivity contribution in [1.29, 1.82) is 0 Å². The zero-order valence-electron chi connectivity index (χ0n) is 19.9. The molecule has 0 radical (unpaired) electrons. The molecule has 0 aromatic heterocycles. The zero-order chi connectivity index (χ0) is 26.3.